The van der Waals surface area contributed by atoms with E-state index in [2.05, 4.69) is 0 Å². The summed E-state index contributed by atoms with van der Waals surface area (Å²) in [6, 6.07) is 9.50. The number of furan rings is 1. The number of nitrogens with zero attached hydrogens (tertiary/aromatic N) is 1. The van der Waals surface area contributed by atoms with Gasteiger partial charge in [0.2, 0.25) is 5.91 Å². The quantitative estimate of drug-likeness (QED) is 0.948. The Morgan fingerprint density at radius 2 is 2.09 bits per heavy atom. The highest BCUT2D eigenvalue weighted by atomic mass is 16.4. The Labute approximate surface area is 130 Å². The minimum absolute atomic E-state index is 0.0124. The van der Waals surface area contributed by atoms with Crippen molar-refractivity contribution in [3.63, 3.8) is 0 Å². The largest absolute Gasteiger partial charge is 0.466 e. The number of hydrogen-bond donors (Lipinski definition) is 1. The lowest BCUT2D eigenvalue weighted by molar-refractivity contribution is -0.135. The van der Waals surface area contributed by atoms with Gasteiger partial charge in [-0.2, -0.15) is 0 Å². The van der Waals surface area contributed by atoms with Gasteiger partial charge in [-0.25, -0.2) is 0 Å². The molecule has 1 aliphatic heterocycles. The van der Waals surface area contributed by atoms with E-state index in [1.807, 2.05) is 36.9 Å². The van der Waals surface area contributed by atoms with Crippen molar-refractivity contribution in [2.75, 3.05) is 6.54 Å². The van der Waals surface area contributed by atoms with E-state index in [1.165, 1.54) is 5.56 Å². The van der Waals surface area contributed by atoms with Gasteiger partial charge in [0, 0.05) is 19.0 Å². The lowest BCUT2D eigenvalue weighted by atomic mass is 9.94. The fourth-order valence-corrected chi connectivity index (χ4v) is 2.91. The summed E-state index contributed by atoms with van der Waals surface area (Å²) in [6.07, 6.45) is 1.65. The van der Waals surface area contributed by atoms with E-state index in [0.29, 0.717) is 12.3 Å². The lowest BCUT2D eigenvalue weighted by Gasteiger charge is -2.30. The first kappa shape index (κ1) is 14.9. The second-order valence-electron chi connectivity index (χ2n) is 6.11. The Hall–Kier alpha value is -2.07. The average Bonchev–Trinajstić information content (AvgIpc) is 3.06. The fraction of sp³-hybridized carbons (Fsp3) is 0.389. The molecule has 1 amide bonds. The van der Waals surface area contributed by atoms with Crippen LogP contribution in [0.3, 0.4) is 0 Å². The van der Waals surface area contributed by atoms with Crippen LogP contribution in [0.5, 0.6) is 0 Å². The van der Waals surface area contributed by atoms with Crippen molar-refractivity contribution in [3.8, 4) is 0 Å². The van der Waals surface area contributed by atoms with Crippen LogP contribution in [0.4, 0.5) is 0 Å². The third-order valence-electron chi connectivity index (χ3n) is 4.18. The van der Waals surface area contributed by atoms with Crippen LogP contribution < -0.4 is 0 Å². The van der Waals surface area contributed by atoms with E-state index in [9.17, 15) is 9.90 Å². The van der Waals surface area contributed by atoms with Crippen LogP contribution in [0, 0.1) is 5.92 Å². The van der Waals surface area contributed by atoms with Crippen molar-refractivity contribution in [1.82, 2.24) is 4.90 Å². The van der Waals surface area contributed by atoms with Crippen molar-refractivity contribution in [2.45, 2.75) is 32.9 Å². The van der Waals surface area contributed by atoms with Crippen LogP contribution in [-0.2, 0) is 17.8 Å². The monoisotopic (exact) mass is 299 g/mol. The molecule has 0 bridgehead atoms. The zero-order valence-corrected chi connectivity index (χ0v) is 13.0. The van der Waals surface area contributed by atoms with E-state index in [1.54, 1.807) is 18.4 Å². The molecule has 1 unspecified atom stereocenters. The zero-order chi connectivity index (χ0) is 15.7. The summed E-state index contributed by atoms with van der Waals surface area (Å²) in [4.78, 5) is 14.1. The van der Waals surface area contributed by atoms with Gasteiger partial charge in [-0.3, -0.25) is 4.79 Å². The Morgan fingerprint density at radius 1 is 1.27 bits per heavy atom. The fourth-order valence-electron chi connectivity index (χ4n) is 2.91. The van der Waals surface area contributed by atoms with Crippen LogP contribution in [0.1, 0.15) is 42.4 Å². The van der Waals surface area contributed by atoms with Gasteiger partial charge in [0.1, 0.15) is 11.9 Å². The van der Waals surface area contributed by atoms with Crippen molar-refractivity contribution in [3.05, 3.63) is 59.0 Å². The molecule has 0 fully saturated rings. The number of hydrogen-bond acceptors (Lipinski definition) is 3. The molecule has 22 heavy (non-hydrogen) atoms. The molecule has 2 heterocycles. The number of fused-ring (bicyclic) bond motifs is 1. The number of aliphatic hydroxyl groups is 1. The SMILES string of the molecule is CC(C)C(=O)N1CCc2ccc(C(O)c3ccco3)cc2C1. The molecular weight excluding hydrogens is 278 g/mol. The van der Waals surface area contributed by atoms with Gasteiger partial charge in [0.05, 0.1) is 6.26 Å². The molecule has 3 rings (SSSR count). The lowest BCUT2D eigenvalue weighted by Crippen LogP contribution is -2.38. The summed E-state index contributed by atoms with van der Waals surface area (Å²) in [5.74, 6) is 0.729. The van der Waals surface area contributed by atoms with E-state index >= 15 is 0 Å². The van der Waals surface area contributed by atoms with Crippen molar-refractivity contribution >= 4 is 5.91 Å². The second kappa shape index (κ2) is 5.97. The van der Waals surface area contributed by atoms with Crippen LogP contribution in [0.2, 0.25) is 0 Å². The Morgan fingerprint density at radius 3 is 2.77 bits per heavy atom. The first-order valence-corrected chi connectivity index (χ1v) is 7.68. The minimum atomic E-state index is -0.767. The molecule has 116 valence electrons. The first-order valence-electron chi connectivity index (χ1n) is 7.68. The van der Waals surface area contributed by atoms with Gasteiger partial charge < -0.3 is 14.4 Å². The van der Waals surface area contributed by atoms with Gasteiger partial charge in [0.25, 0.3) is 0 Å². The molecule has 0 spiro atoms. The van der Waals surface area contributed by atoms with Gasteiger partial charge in [-0.05, 0) is 35.2 Å². The van der Waals surface area contributed by atoms with Gasteiger partial charge in [-0.15, -0.1) is 0 Å². The zero-order valence-electron chi connectivity index (χ0n) is 13.0. The smallest absolute Gasteiger partial charge is 0.225 e. The van der Waals surface area contributed by atoms with E-state index < -0.39 is 6.10 Å². The predicted octanol–water partition coefficient (Wildman–Crippen LogP) is 2.90. The first-order chi connectivity index (χ1) is 10.6. The molecule has 1 N–H and O–H groups in total. The highest BCUT2D eigenvalue weighted by molar-refractivity contribution is 5.78. The third kappa shape index (κ3) is 2.79. The second-order valence-corrected chi connectivity index (χ2v) is 6.11. The Kier molecular flexibility index (Phi) is 4.03. The summed E-state index contributed by atoms with van der Waals surface area (Å²) in [5.41, 5.74) is 3.17. The summed E-state index contributed by atoms with van der Waals surface area (Å²) in [6.45, 7) is 5.24. The molecular formula is C18H21NO3. The van der Waals surface area contributed by atoms with Crippen molar-refractivity contribution < 1.29 is 14.3 Å². The topological polar surface area (TPSA) is 53.7 Å². The number of rotatable bonds is 3. The maximum atomic E-state index is 12.2. The van der Waals surface area contributed by atoms with Gasteiger partial charge in [0.15, 0.2) is 0 Å². The summed E-state index contributed by atoms with van der Waals surface area (Å²) in [5, 5.41) is 10.4. The van der Waals surface area contributed by atoms with Crippen molar-refractivity contribution in [1.29, 1.82) is 0 Å². The molecule has 1 aromatic carbocycles. The maximum absolute atomic E-state index is 12.2. The number of carbonyl (C=O) groups excluding carboxylic acids is 1. The number of benzene rings is 1. The number of amides is 1. The molecule has 0 saturated carbocycles. The van der Waals surface area contributed by atoms with Gasteiger partial charge in [-0.1, -0.05) is 32.0 Å². The minimum Gasteiger partial charge on any atom is -0.466 e. The Bertz CT molecular complexity index is 661. The highest BCUT2D eigenvalue weighted by Gasteiger charge is 2.23. The molecule has 1 aliphatic rings. The normalized spacial score (nSPS) is 15.7. The molecule has 0 saturated heterocycles. The third-order valence-corrected chi connectivity index (χ3v) is 4.18. The summed E-state index contributed by atoms with van der Waals surface area (Å²) < 4.78 is 5.27. The average molecular weight is 299 g/mol. The van der Waals surface area contributed by atoms with Crippen LogP contribution in [0.25, 0.3) is 0 Å². The standard InChI is InChI=1S/C18H21NO3/c1-12(2)18(21)19-8-7-13-5-6-14(10-15(13)11-19)17(20)16-4-3-9-22-16/h3-6,9-10,12,17,20H,7-8,11H2,1-2H3. The van der Waals surface area contributed by atoms with Crippen molar-refractivity contribution in [2.24, 2.45) is 5.92 Å². The number of aliphatic hydroxyl groups excluding tert-OH is 1. The van der Waals surface area contributed by atoms with Crippen LogP contribution in [-0.4, -0.2) is 22.5 Å². The molecule has 0 radical (unpaired) electrons. The van der Waals surface area contributed by atoms with E-state index in [4.69, 9.17) is 4.42 Å². The predicted molar refractivity (Wildman–Crippen MR) is 83.2 cm³/mol. The van der Waals surface area contributed by atoms with Crippen LogP contribution in [0.15, 0.2) is 41.0 Å². The highest BCUT2D eigenvalue weighted by Crippen LogP contribution is 2.27. The van der Waals surface area contributed by atoms with E-state index in [-0.39, 0.29) is 11.8 Å². The van der Waals surface area contributed by atoms with Crippen LogP contribution >= 0.6 is 0 Å². The molecule has 2 aromatic rings. The Balaban J connectivity index is 1.84. The molecule has 1 aromatic heterocycles. The summed E-state index contributed by atoms with van der Waals surface area (Å²) in [7, 11) is 0. The molecule has 1 atom stereocenters. The number of carbonyl (C=O) groups is 1. The summed E-state index contributed by atoms with van der Waals surface area (Å²) >= 11 is 0. The van der Waals surface area contributed by atoms with E-state index in [0.717, 1.165) is 24.1 Å². The molecule has 0 aliphatic carbocycles. The maximum Gasteiger partial charge on any atom is 0.225 e. The molecule has 4 heteroatoms. The van der Waals surface area contributed by atoms with Gasteiger partial charge >= 0.3 is 0 Å². The molecule has 4 nitrogen and oxygen atoms in total.